The van der Waals surface area contributed by atoms with Crippen LogP contribution >= 0.6 is 0 Å². The van der Waals surface area contributed by atoms with Crippen LogP contribution in [-0.2, 0) is 11.3 Å². The quantitative estimate of drug-likeness (QED) is 0.808. The highest BCUT2D eigenvalue weighted by Gasteiger charge is 2.18. The molecule has 1 rings (SSSR count). The van der Waals surface area contributed by atoms with Crippen LogP contribution in [0, 0.1) is 12.8 Å². The maximum atomic E-state index is 11.8. The molecule has 1 unspecified atom stereocenters. The van der Waals surface area contributed by atoms with Crippen LogP contribution in [0.25, 0.3) is 0 Å². The molecule has 0 saturated heterocycles. The van der Waals surface area contributed by atoms with E-state index in [-0.39, 0.29) is 12.1 Å². The molecule has 1 amide bonds. The van der Waals surface area contributed by atoms with E-state index in [1.807, 2.05) is 40.0 Å². The molecule has 5 nitrogen and oxygen atoms in total. The molecule has 0 aromatic carbocycles. The first-order valence-electron chi connectivity index (χ1n) is 8.27. The molecule has 1 atom stereocenters. The molecule has 5 heteroatoms. The standard InChI is InChI=1S/C18H31N3O2/c1-13(2)9-16(12-21-17(22)23-18(4,5)6)20-11-15-8-7-14(3)19-10-15/h7-8,10,13,16,20H,9,11-12H2,1-6H3,(H,21,22). The highest BCUT2D eigenvalue weighted by Crippen LogP contribution is 2.08. The van der Waals surface area contributed by atoms with Crippen LogP contribution in [0.15, 0.2) is 18.3 Å². The van der Waals surface area contributed by atoms with Gasteiger partial charge in [-0.2, -0.15) is 0 Å². The molecule has 0 fully saturated rings. The molecular formula is C18H31N3O2. The van der Waals surface area contributed by atoms with Crippen molar-refractivity contribution in [2.24, 2.45) is 5.92 Å². The summed E-state index contributed by atoms with van der Waals surface area (Å²) in [6, 6.07) is 4.28. The molecule has 0 spiro atoms. The summed E-state index contributed by atoms with van der Waals surface area (Å²) in [7, 11) is 0. The second-order valence-corrected chi connectivity index (χ2v) is 7.40. The summed E-state index contributed by atoms with van der Waals surface area (Å²) in [4.78, 5) is 16.1. The second kappa shape index (κ2) is 8.87. The van der Waals surface area contributed by atoms with Gasteiger partial charge in [-0.15, -0.1) is 0 Å². The van der Waals surface area contributed by atoms with Crippen molar-refractivity contribution in [2.75, 3.05) is 6.54 Å². The predicted octanol–water partition coefficient (Wildman–Crippen LogP) is 3.42. The van der Waals surface area contributed by atoms with Crippen LogP contribution in [0.3, 0.4) is 0 Å². The number of nitrogens with one attached hydrogen (secondary N) is 2. The highest BCUT2D eigenvalue weighted by molar-refractivity contribution is 5.67. The van der Waals surface area contributed by atoms with Gasteiger partial charge in [0.25, 0.3) is 0 Å². The van der Waals surface area contributed by atoms with Crippen molar-refractivity contribution in [3.05, 3.63) is 29.6 Å². The van der Waals surface area contributed by atoms with Gasteiger partial charge in [-0.25, -0.2) is 4.79 Å². The van der Waals surface area contributed by atoms with E-state index < -0.39 is 5.60 Å². The van der Waals surface area contributed by atoms with Gasteiger partial charge in [-0.05, 0) is 51.7 Å². The lowest BCUT2D eigenvalue weighted by Gasteiger charge is -2.23. The summed E-state index contributed by atoms with van der Waals surface area (Å²) >= 11 is 0. The molecule has 2 N–H and O–H groups in total. The zero-order valence-corrected chi connectivity index (χ0v) is 15.3. The smallest absolute Gasteiger partial charge is 0.407 e. The van der Waals surface area contributed by atoms with Gasteiger partial charge in [0.1, 0.15) is 5.60 Å². The van der Waals surface area contributed by atoms with E-state index in [1.54, 1.807) is 0 Å². The zero-order chi connectivity index (χ0) is 17.5. The number of alkyl carbamates (subject to hydrolysis) is 1. The minimum Gasteiger partial charge on any atom is -0.444 e. The first-order valence-corrected chi connectivity index (χ1v) is 8.27. The van der Waals surface area contributed by atoms with E-state index >= 15 is 0 Å². The van der Waals surface area contributed by atoms with Crippen molar-refractivity contribution in [1.82, 2.24) is 15.6 Å². The Morgan fingerprint density at radius 2 is 2.00 bits per heavy atom. The average Bonchev–Trinajstić information content (AvgIpc) is 2.41. The number of aryl methyl sites for hydroxylation is 1. The van der Waals surface area contributed by atoms with Crippen molar-refractivity contribution in [2.45, 2.75) is 66.2 Å². The lowest BCUT2D eigenvalue weighted by Crippen LogP contribution is -2.43. The lowest BCUT2D eigenvalue weighted by atomic mass is 10.0. The van der Waals surface area contributed by atoms with E-state index in [4.69, 9.17) is 4.74 Å². The summed E-state index contributed by atoms with van der Waals surface area (Å²) in [6.07, 6.45) is 2.50. The summed E-state index contributed by atoms with van der Waals surface area (Å²) in [5.41, 5.74) is 1.68. The first kappa shape index (κ1) is 19.4. The minimum absolute atomic E-state index is 0.198. The molecule has 1 heterocycles. The van der Waals surface area contributed by atoms with Crippen LogP contribution in [0.5, 0.6) is 0 Å². The molecule has 0 aliphatic rings. The summed E-state index contributed by atoms with van der Waals surface area (Å²) in [5.74, 6) is 0.545. The monoisotopic (exact) mass is 321 g/mol. The van der Waals surface area contributed by atoms with Crippen molar-refractivity contribution >= 4 is 6.09 Å². The molecule has 130 valence electrons. The Bertz CT molecular complexity index is 478. The molecule has 0 radical (unpaired) electrons. The SMILES string of the molecule is Cc1ccc(CNC(CNC(=O)OC(C)(C)C)CC(C)C)cn1. The van der Waals surface area contributed by atoms with E-state index in [2.05, 4.69) is 35.5 Å². The third-order valence-corrected chi connectivity index (χ3v) is 3.22. The molecule has 0 saturated carbocycles. The number of carbonyl (C=O) groups is 1. The van der Waals surface area contributed by atoms with E-state index in [9.17, 15) is 4.79 Å². The topological polar surface area (TPSA) is 63.2 Å². The van der Waals surface area contributed by atoms with Crippen LogP contribution < -0.4 is 10.6 Å². The third kappa shape index (κ3) is 9.18. The number of amides is 1. The maximum Gasteiger partial charge on any atom is 0.407 e. The third-order valence-electron chi connectivity index (χ3n) is 3.22. The largest absolute Gasteiger partial charge is 0.444 e. The fourth-order valence-corrected chi connectivity index (χ4v) is 2.19. The van der Waals surface area contributed by atoms with Gasteiger partial charge < -0.3 is 15.4 Å². The summed E-state index contributed by atoms with van der Waals surface area (Å²) in [6.45, 7) is 13.2. The van der Waals surface area contributed by atoms with Gasteiger partial charge in [-0.3, -0.25) is 4.98 Å². The minimum atomic E-state index is -0.474. The maximum absolute atomic E-state index is 11.8. The Balaban J connectivity index is 2.48. The van der Waals surface area contributed by atoms with Crippen molar-refractivity contribution in [3.8, 4) is 0 Å². The van der Waals surface area contributed by atoms with Gasteiger partial charge in [0.15, 0.2) is 0 Å². The highest BCUT2D eigenvalue weighted by atomic mass is 16.6. The molecule has 0 aliphatic carbocycles. The Kier molecular flexibility index (Phi) is 7.49. The second-order valence-electron chi connectivity index (χ2n) is 7.40. The van der Waals surface area contributed by atoms with Gasteiger partial charge in [0.05, 0.1) is 0 Å². The van der Waals surface area contributed by atoms with E-state index in [1.165, 1.54) is 0 Å². The van der Waals surface area contributed by atoms with Gasteiger partial charge in [-0.1, -0.05) is 19.9 Å². The van der Waals surface area contributed by atoms with Gasteiger partial charge in [0, 0.05) is 31.0 Å². The number of hydrogen-bond donors (Lipinski definition) is 2. The molecule has 1 aromatic rings. The normalized spacial score (nSPS) is 13.0. The number of ether oxygens (including phenoxy) is 1. The Labute approximate surface area is 140 Å². The van der Waals surface area contributed by atoms with Crippen LogP contribution in [0.1, 0.15) is 52.3 Å². The first-order chi connectivity index (χ1) is 10.7. The van der Waals surface area contributed by atoms with Crippen LogP contribution in [-0.4, -0.2) is 29.3 Å². The lowest BCUT2D eigenvalue weighted by molar-refractivity contribution is 0.0521. The molecule has 0 aliphatic heterocycles. The van der Waals surface area contributed by atoms with Crippen LogP contribution in [0.4, 0.5) is 4.79 Å². The van der Waals surface area contributed by atoms with Crippen molar-refractivity contribution in [3.63, 3.8) is 0 Å². The Hall–Kier alpha value is -1.62. The summed E-state index contributed by atoms with van der Waals surface area (Å²) in [5, 5.41) is 6.35. The molecule has 23 heavy (non-hydrogen) atoms. The number of carbonyl (C=O) groups excluding carboxylic acids is 1. The van der Waals surface area contributed by atoms with E-state index in [0.717, 1.165) is 24.2 Å². The molecular weight excluding hydrogens is 290 g/mol. The summed E-state index contributed by atoms with van der Waals surface area (Å²) < 4.78 is 5.28. The van der Waals surface area contributed by atoms with Gasteiger partial charge >= 0.3 is 6.09 Å². The predicted molar refractivity (Wildman–Crippen MR) is 93.3 cm³/mol. The van der Waals surface area contributed by atoms with E-state index in [0.29, 0.717) is 12.5 Å². The fourth-order valence-electron chi connectivity index (χ4n) is 2.19. The fraction of sp³-hybridized carbons (Fsp3) is 0.667. The van der Waals surface area contributed by atoms with Crippen molar-refractivity contribution < 1.29 is 9.53 Å². The van der Waals surface area contributed by atoms with Crippen LogP contribution in [0.2, 0.25) is 0 Å². The number of pyridine rings is 1. The zero-order valence-electron chi connectivity index (χ0n) is 15.3. The Morgan fingerprint density at radius 1 is 1.30 bits per heavy atom. The Morgan fingerprint density at radius 3 is 2.52 bits per heavy atom. The molecule has 0 bridgehead atoms. The van der Waals surface area contributed by atoms with Crippen molar-refractivity contribution in [1.29, 1.82) is 0 Å². The number of nitrogens with zero attached hydrogens (tertiary/aromatic N) is 1. The number of hydrogen-bond acceptors (Lipinski definition) is 4. The average molecular weight is 321 g/mol. The van der Waals surface area contributed by atoms with Gasteiger partial charge in [0.2, 0.25) is 0 Å². The molecule has 1 aromatic heterocycles. The number of aromatic nitrogens is 1. The number of rotatable bonds is 7.